The largest absolute Gasteiger partial charge is 0.490 e. The maximum absolute atomic E-state index is 12.4. The van der Waals surface area contributed by atoms with Crippen LogP contribution in [0.15, 0.2) is 40.6 Å². The van der Waals surface area contributed by atoms with Crippen molar-refractivity contribution < 1.29 is 19.0 Å². The van der Waals surface area contributed by atoms with Crippen LogP contribution >= 0.6 is 11.3 Å². The lowest BCUT2D eigenvalue weighted by Gasteiger charge is -2.14. The SMILES string of the molecule is CCOc1cc(C(=O)OCc2cc(=O)n3ccsc3n2)ccc1OCC(C)C. The number of carbonyl (C=O) groups excluding carboxylic acids is 1. The number of benzene rings is 1. The minimum absolute atomic E-state index is 0.0853. The Labute approximate surface area is 166 Å². The van der Waals surface area contributed by atoms with Crippen molar-refractivity contribution in [3.63, 3.8) is 0 Å². The first-order valence-corrected chi connectivity index (χ1v) is 9.88. The minimum Gasteiger partial charge on any atom is -0.490 e. The fraction of sp³-hybridized carbons (Fsp3) is 0.350. The number of aromatic nitrogens is 2. The maximum Gasteiger partial charge on any atom is 0.338 e. The highest BCUT2D eigenvalue weighted by molar-refractivity contribution is 7.15. The molecule has 0 radical (unpaired) electrons. The van der Waals surface area contributed by atoms with E-state index in [9.17, 15) is 9.59 Å². The van der Waals surface area contributed by atoms with E-state index in [4.69, 9.17) is 14.2 Å². The molecular formula is C20H22N2O5S. The Balaban J connectivity index is 1.72. The number of hydrogen-bond acceptors (Lipinski definition) is 7. The molecule has 0 saturated carbocycles. The molecule has 8 heteroatoms. The predicted molar refractivity (Wildman–Crippen MR) is 106 cm³/mol. The Kier molecular flexibility index (Phi) is 6.30. The molecule has 7 nitrogen and oxygen atoms in total. The van der Waals surface area contributed by atoms with Crippen molar-refractivity contribution in [2.75, 3.05) is 13.2 Å². The Morgan fingerprint density at radius 1 is 1.21 bits per heavy atom. The number of nitrogens with zero attached hydrogens (tertiary/aromatic N) is 2. The van der Waals surface area contributed by atoms with Crippen molar-refractivity contribution in [2.24, 2.45) is 5.92 Å². The zero-order valence-electron chi connectivity index (χ0n) is 16.0. The zero-order chi connectivity index (χ0) is 20.1. The highest BCUT2D eigenvalue weighted by Crippen LogP contribution is 2.29. The molecule has 0 aliphatic rings. The van der Waals surface area contributed by atoms with E-state index in [1.807, 2.05) is 6.92 Å². The number of fused-ring (bicyclic) bond motifs is 1. The molecule has 0 aliphatic carbocycles. The molecule has 148 valence electrons. The summed E-state index contributed by atoms with van der Waals surface area (Å²) in [6, 6.07) is 6.30. The molecule has 0 unspecified atom stereocenters. The standard InChI is InChI=1S/C20H22N2O5S/c1-4-25-17-9-14(5-6-16(17)26-11-13(2)3)19(24)27-12-15-10-18(23)22-7-8-28-20(22)21-15/h5-10,13H,4,11-12H2,1-3H3. The van der Waals surface area contributed by atoms with Crippen molar-refractivity contribution in [2.45, 2.75) is 27.4 Å². The third kappa shape index (κ3) is 4.69. The van der Waals surface area contributed by atoms with E-state index < -0.39 is 5.97 Å². The highest BCUT2D eigenvalue weighted by Gasteiger charge is 2.14. The van der Waals surface area contributed by atoms with Crippen LogP contribution in [0.1, 0.15) is 36.8 Å². The van der Waals surface area contributed by atoms with Gasteiger partial charge in [-0.3, -0.25) is 9.20 Å². The average molecular weight is 402 g/mol. The Bertz CT molecular complexity index is 1020. The summed E-state index contributed by atoms with van der Waals surface area (Å²) in [6.45, 7) is 6.89. The second kappa shape index (κ2) is 8.88. The summed E-state index contributed by atoms with van der Waals surface area (Å²) < 4.78 is 18.1. The molecule has 0 aliphatic heterocycles. The fourth-order valence-electron chi connectivity index (χ4n) is 2.46. The van der Waals surface area contributed by atoms with Crippen LogP contribution < -0.4 is 15.0 Å². The van der Waals surface area contributed by atoms with Gasteiger partial charge in [-0.15, -0.1) is 11.3 Å². The summed E-state index contributed by atoms with van der Waals surface area (Å²) in [5, 5.41) is 1.78. The van der Waals surface area contributed by atoms with Gasteiger partial charge in [0, 0.05) is 17.6 Å². The van der Waals surface area contributed by atoms with Gasteiger partial charge in [0.05, 0.1) is 24.5 Å². The van der Waals surface area contributed by atoms with Crippen molar-refractivity contribution in [3.05, 3.63) is 57.5 Å². The van der Waals surface area contributed by atoms with Gasteiger partial charge in [-0.1, -0.05) is 13.8 Å². The summed E-state index contributed by atoms with van der Waals surface area (Å²) in [7, 11) is 0. The van der Waals surface area contributed by atoms with Crippen LogP contribution in [0, 0.1) is 5.92 Å². The van der Waals surface area contributed by atoms with Crippen LogP contribution in [-0.2, 0) is 11.3 Å². The molecule has 1 aromatic carbocycles. The molecule has 2 aromatic heterocycles. The van der Waals surface area contributed by atoms with Gasteiger partial charge in [0.25, 0.3) is 5.56 Å². The van der Waals surface area contributed by atoms with Crippen molar-refractivity contribution in [1.29, 1.82) is 0 Å². The first-order chi connectivity index (χ1) is 13.5. The third-order valence-electron chi connectivity index (χ3n) is 3.76. The van der Waals surface area contributed by atoms with Crippen molar-refractivity contribution in [3.8, 4) is 11.5 Å². The topological polar surface area (TPSA) is 79.1 Å². The number of rotatable bonds is 8. The van der Waals surface area contributed by atoms with Gasteiger partial charge >= 0.3 is 5.97 Å². The van der Waals surface area contributed by atoms with Crippen molar-refractivity contribution >= 4 is 22.3 Å². The zero-order valence-corrected chi connectivity index (χ0v) is 16.8. The highest BCUT2D eigenvalue weighted by atomic mass is 32.1. The Morgan fingerprint density at radius 2 is 2.04 bits per heavy atom. The van der Waals surface area contributed by atoms with Crippen LogP contribution in [0.3, 0.4) is 0 Å². The van der Waals surface area contributed by atoms with Gasteiger partial charge in [0.1, 0.15) is 6.61 Å². The second-order valence-corrected chi connectivity index (χ2v) is 7.39. The minimum atomic E-state index is -0.524. The van der Waals surface area contributed by atoms with Gasteiger partial charge < -0.3 is 14.2 Å². The van der Waals surface area contributed by atoms with E-state index in [1.165, 1.54) is 21.8 Å². The van der Waals surface area contributed by atoms with E-state index >= 15 is 0 Å². The van der Waals surface area contributed by atoms with Gasteiger partial charge in [0.2, 0.25) is 0 Å². The molecular weight excluding hydrogens is 380 g/mol. The predicted octanol–water partition coefficient (Wildman–Crippen LogP) is 3.55. The quantitative estimate of drug-likeness (QED) is 0.536. The second-order valence-electron chi connectivity index (χ2n) is 6.52. The van der Waals surface area contributed by atoms with Crippen LogP contribution in [0.2, 0.25) is 0 Å². The molecule has 0 spiro atoms. The van der Waals surface area contributed by atoms with E-state index in [-0.39, 0.29) is 12.2 Å². The Morgan fingerprint density at radius 3 is 2.79 bits per heavy atom. The molecule has 3 aromatic rings. The summed E-state index contributed by atoms with van der Waals surface area (Å²) in [5.41, 5.74) is 0.541. The van der Waals surface area contributed by atoms with Crippen LogP contribution in [0.5, 0.6) is 11.5 Å². The molecule has 28 heavy (non-hydrogen) atoms. The fourth-order valence-corrected chi connectivity index (χ4v) is 3.20. The van der Waals surface area contributed by atoms with Crippen LogP contribution in [0.4, 0.5) is 0 Å². The average Bonchev–Trinajstić information content (AvgIpc) is 3.14. The van der Waals surface area contributed by atoms with Crippen molar-refractivity contribution in [1.82, 2.24) is 9.38 Å². The molecule has 0 saturated heterocycles. The summed E-state index contributed by atoms with van der Waals surface area (Å²) >= 11 is 1.34. The summed E-state index contributed by atoms with van der Waals surface area (Å²) in [5.74, 6) is 0.930. The number of esters is 1. The molecule has 3 rings (SSSR count). The van der Waals surface area contributed by atoms with Gasteiger partial charge in [0.15, 0.2) is 16.5 Å². The maximum atomic E-state index is 12.4. The van der Waals surface area contributed by atoms with Gasteiger partial charge in [-0.2, -0.15) is 0 Å². The molecule has 0 N–H and O–H groups in total. The van der Waals surface area contributed by atoms with Crippen LogP contribution in [-0.4, -0.2) is 28.6 Å². The van der Waals surface area contributed by atoms with E-state index in [0.29, 0.717) is 46.8 Å². The number of ether oxygens (including phenoxy) is 3. The van der Waals surface area contributed by atoms with Gasteiger partial charge in [-0.05, 0) is 31.0 Å². The van der Waals surface area contributed by atoms with E-state index in [1.54, 1.807) is 29.8 Å². The molecule has 0 bridgehead atoms. The van der Waals surface area contributed by atoms with Crippen LogP contribution in [0.25, 0.3) is 4.96 Å². The Hall–Kier alpha value is -2.87. The molecule has 0 amide bonds. The lowest BCUT2D eigenvalue weighted by Crippen LogP contribution is -2.14. The van der Waals surface area contributed by atoms with E-state index in [2.05, 4.69) is 18.8 Å². The number of carbonyl (C=O) groups is 1. The lowest BCUT2D eigenvalue weighted by molar-refractivity contribution is 0.0467. The monoisotopic (exact) mass is 402 g/mol. The normalized spacial score (nSPS) is 11.0. The summed E-state index contributed by atoms with van der Waals surface area (Å²) in [4.78, 5) is 29.3. The lowest BCUT2D eigenvalue weighted by atomic mass is 10.2. The molecule has 2 heterocycles. The summed E-state index contributed by atoms with van der Waals surface area (Å²) in [6.07, 6.45) is 1.66. The first kappa shape index (κ1) is 19.9. The molecule has 0 atom stereocenters. The smallest absolute Gasteiger partial charge is 0.338 e. The number of thiazole rings is 1. The first-order valence-electron chi connectivity index (χ1n) is 9.00. The third-order valence-corrected chi connectivity index (χ3v) is 4.52. The number of hydrogen-bond donors (Lipinski definition) is 0. The molecule has 0 fully saturated rings. The van der Waals surface area contributed by atoms with Gasteiger partial charge in [-0.25, -0.2) is 9.78 Å². The van der Waals surface area contributed by atoms with E-state index in [0.717, 1.165) is 0 Å².